The van der Waals surface area contributed by atoms with Crippen LogP contribution in [0.25, 0.3) is 11.3 Å². The number of nitrogens with zero attached hydrogens (tertiary/aromatic N) is 1. The monoisotopic (exact) mass is 328 g/mol. The predicted molar refractivity (Wildman–Crippen MR) is 80.1 cm³/mol. The molecular weight excluding hydrogens is 314 g/mol. The average Bonchev–Trinajstić information content (AvgIpc) is 2.56. The van der Waals surface area contributed by atoms with Crippen molar-refractivity contribution in [2.75, 3.05) is 20.3 Å². The highest BCUT2D eigenvalue weighted by atomic mass is 35.5. The van der Waals surface area contributed by atoms with Gasteiger partial charge in [0.05, 0.1) is 24.4 Å². The molecule has 0 saturated heterocycles. The number of alkyl halides is 1. The Morgan fingerprint density at radius 2 is 2.09 bits per heavy atom. The molecule has 1 aromatic carbocycles. The lowest BCUT2D eigenvalue weighted by molar-refractivity contribution is 0.0728. The minimum Gasteiger partial charge on any atom is -0.494 e. The summed E-state index contributed by atoms with van der Waals surface area (Å²) in [5, 5.41) is 9.13. The summed E-state index contributed by atoms with van der Waals surface area (Å²) < 4.78 is 33.0. The summed E-state index contributed by atoms with van der Waals surface area (Å²) in [6, 6.07) is 6.90. The molecule has 118 valence electrons. The van der Waals surface area contributed by atoms with E-state index >= 15 is 0 Å². The van der Waals surface area contributed by atoms with E-state index in [1.807, 2.05) is 0 Å². The van der Waals surface area contributed by atoms with Crippen LogP contribution in [0.5, 0.6) is 5.75 Å². The summed E-state index contributed by atoms with van der Waals surface area (Å²) >= 11 is 5.77. The van der Waals surface area contributed by atoms with Gasteiger partial charge < -0.3 is 15.6 Å². The number of hydrogen-bond donors (Lipinski definition) is 2. The molecule has 0 radical (unpaired) electrons. The van der Waals surface area contributed by atoms with E-state index in [9.17, 15) is 13.9 Å². The van der Waals surface area contributed by atoms with Crippen LogP contribution in [0.1, 0.15) is 5.69 Å². The molecule has 0 aliphatic rings. The molecule has 22 heavy (non-hydrogen) atoms. The molecule has 1 unspecified atom stereocenters. The van der Waals surface area contributed by atoms with Crippen molar-refractivity contribution in [3.8, 4) is 17.0 Å². The first-order chi connectivity index (χ1) is 10.4. The number of ether oxygens (including phenoxy) is 1. The molecule has 1 heterocycles. The van der Waals surface area contributed by atoms with Crippen molar-refractivity contribution in [3.63, 3.8) is 0 Å². The highest BCUT2D eigenvalue weighted by molar-refractivity contribution is 6.31. The SMILES string of the molecule is COc1ccc(C(F)(CN)CO)nc1-c1ccc(F)c(Cl)c1. The Morgan fingerprint density at radius 1 is 1.36 bits per heavy atom. The number of halogens is 3. The lowest BCUT2D eigenvalue weighted by atomic mass is 10.0. The maximum atomic E-state index is 14.5. The number of hydrogen-bond acceptors (Lipinski definition) is 4. The van der Waals surface area contributed by atoms with Gasteiger partial charge in [0.2, 0.25) is 0 Å². The zero-order chi connectivity index (χ0) is 16.3. The number of aliphatic hydroxyl groups is 1. The summed E-state index contributed by atoms with van der Waals surface area (Å²) in [6.07, 6.45) is 0. The maximum absolute atomic E-state index is 14.5. The van der Waals surface area contributed by atoms with Gasteiger partial charge in [0, 0.05) is 12.1 Å². The van der Waals surface area contributed by atoms with Crippen molar-refractivity contribution >= 4 is 11.6 Å². The third kappa shape index (κ3) is 3.04. The summed E-state index contributed by atoms with van der Waals surface area (Å²) in [5.41, 5.74) is 3.92. The quantitative estimate of drug-likeness (QED) is 0.885. The Hall–Kier alpha value is -1.76. The summed E-state index contributed by atoms with van der Waals surface area (Å²) in [7, 11) is 1.43. The van der Waals surface area contributed by atoms with E-state index in [1.54, 1.807) is 0 Å². The van der Waals surface area contributed by atoms with Crippen LogP contribution in [0.3, 0.4) is 0 Å². The third-order valence-electron chi connectivity index (χ3n) is 3.30. The summed E-state index contributed by atoms with van der Waals surface area (Å²) in [5.74, 6) is -0.207. The van der Waals surface area contributed by atoms with E-state index in [0.29, 0.717) is 11.3 Å². The number of pyridine rings is 1. The number of rotatable bonds is 5. The molecule has 4 nitrogen and oxygen atoms in total. The maximum Gasteiger partial charge on any atom is 0.187 e. The van der Waals surface area contributed by atoms with Crippen molar-refractivity contribution in [2.24, 2.45) is 5.73 Å². The smallest absolute Gasteiger partial charge is 0.187 e. The van der Waals surface area contributed by atoms with E-state index in [-0.39, 0.29) is 16.4 Å². The molecule has 0 aliphatic heterocycles. The first-order valence-corrected chi connectivity index (χ1v) is 6.83. The van der Waals surface area contributed by atoms with Crippen LogP contribution >= 0.6 is 11.6 Å². The molecule has 0 spiro atoms. The van der Waals surface area contributed by atoms with Crippen molar-refractivity contribution in [3.05, 3.63) is 46.9 Å². The molecule has 0 fully saturated rings. The van der Waals surface area contributed by atoms with Crippen LogP contribution in [0, 0.1) is 5.82 Å². The summed E-state index contributed by atoms with van der Waals surface area (Å²) in [4.78, 5) is 4.18. The van der Waals surface area contributed by atoms with Gasteiger partial charge in [-0.05, 0) is 30.3 Å². The second kappa shape index (κ2) is 6.56. The Bertz CT molecular complexity index is 679. The van der Waals surface area contributed by atoms with E-state index in [2.05, 4.69) is 4.98 Å². The Morgan fingerprint density at radius 3 is 2.64 bits per heavy atom. The predicted octanol–water partition coefficient (Wildman–Crippen LogP) is 2.67. The number of aliphatic hydroxyl groups excluding tert-OH is 1. The molecule has 2 rings (SSSR count). The molecule has 2 aromatic rings. The molecule has 0 bridgehead atoms. The number of benzene rings is 1. The molecule has 0 amide bonds. The van der Waals surface area contributed by atoms with Gasteiger partial charge in [-0.1, -0.05) is 11.6 Å². The van der Waals surface area contributed by atoms with Gasteiger partial charge >= 0.3 is 0 Å². The van der Waals surface area contributed by atoms with Gasteiger partial charge in [-0.2, -0.15) is 0 Å². The second-order valence-corrected chi connectivity index (χ2v) is 5.11. The minimum atomic E-state index is -2.16. The fourth-order valence-corrected chi connectivity index (χ4v) is 2.14. The molecule has 1 atom stereocenters. The van der Waals surface area contributed by atoms with Crippen LogP contribution < -0.4 is 10.5 Å². The van der Waals surface area contributed by atoms with Crippen LogP contribution in [0.15, 0.2) is 30.3 Å². The largest absolute Gasteiger partial charge is 0.494 e. The lowest BCUT2D eigenvalue weighted by Crippen LogP contribution is -2.35. The highest BCUT2D eigenvalue weighted by Gasteiger charge is 2.32. The average molecular weight is 329 g/mol. The Balaban J connectivity index is 2.60. The standard InChI is InChI=1S/C15H15ClF2N2O2/c1-22-12-4-5-13(15(18,7-19)8-21)20-14(12)9-2-3-11(17)10(16)6-9/h2-6,21H,7-8,19H2,1H3. The summed E-state index contributed by atoms with van der Waals surface area (Å²) in [6.45, 7) is -1.22. The Kier molecular flexibility index (Phi) is 4.95. The van der Waals surface area contributed by atoms with Gasteiger partial charge in [0.1, 0.15) is 17.3 Å². The lowest BCUT2D eigenvalue weighted by Gasteiger charge is -2.21. The van der Waals surface area contributed by atoms with Crippen LogP contribution in [0.4, 0.5) is 8.78 Å². The topological polar surface area (TPSA) is 68.4 Å². The minimum absolute atomic E-state index is 0.0336. The first-order valence-electron chi connectivity index (χ1n) is 6.46. The highest BCUT2D eigenvalue weighted by Crippen LogP contribution is 2.33. The van der Waals surface area contributed by atoms with E-state index < -0.39 is 24.6 Å². The Labute approximate surface area is 131 Å². The van der Waals surface area contributed by atoms with Gasteiger partial charge in [-0.15, -0.1) is 0 Å². The van der Waals surface area contributed by atoms with Crippen molar-refractivity contribution in [2.45, 2.75) is 5.67 Å². The molecule has 0 saturated carbocycles. The molecule has 0 aliphatic carbocycles. The number of aromatic nitrogens is 1. The van der Waals surface area contributed by atoms with E-state index in [4.69, 9.17) is 22.1 Å². The fraction of sp³-hybridized carbons (Fsp3) is 0.267. The molecular formula is C15H15ClF2N2O2. The zero-order valence-electron chi connectivity index (χ0n) is 11.8. The second-order valence-electron chi connectivity index (χ2n) is 4.70. The van der Waals surface area contributed by atoms with E-state index in [1.165, 1.54) is 37.4 Å². The number of nitrogens with two attached hydrogens (primary N) is 1. The molecule has 7 heteroatoms. The van der Waals surface area contributed by atoms with Crippen molar-refractivity contribution < 1.29 is 18.6 Å². The normalized spacial score (nSPS) is 13.7. The number of methoxy groups -OCH3 is 1. The van der Waals surface area contributed by atoms with Crippen LogP contribution in [0.2, 0.25) is 5.02 Å². The molecule has 3 N–H and O–H groups in total. The van der Waals surface area contributed by atoms with Crippen molar-refractivity contribution in [1.82, 2.24) is 4.98 Å². The van der Waals surface area contributed by atoms with Gasteiger partial charge in [-0.25, -0.2) is 13.8 Å². The van der Waals surface area contributed by atoms with Gasteiger partial charge in [0.25, 0.3) is 0 Å². The fourth-order valence-electron chi connectivity index (χ4n) is 1.96. The van der Waals surface area contributed by atoms with Crippen LogP contribution in [-0.2, 0) is 5.67 Å². The van der Waals surface area contributed by atoms with Gasteiger partial charge in [0.15, 0.2) is 5.67 Å². The van der Waals surface area contributed by atoms with Crippen LogP contribution in [-0.4, -0.2) is 30.4 Å². The van der Waals surface area contributed by atoms with Crippen molar-refractivity contribution in [1.29, 1.82) is 0 Å². The zero-order valence-corrected chi connectivity index (χ0v) is 12.6. The third-order valence-corrected chi connectivity index (χ3v) is 3.59. The van der Waals surface area contributed by atoms with E-state index in [0.717, 1.165) is 0 Å². The van der Waals surface area contributed by atoms with Gasteiger partial charge in [-0.3, -0.25) is 0 Å². The molecule has 1 aromatic heterocycles. The first kappa shape index (κ1) is 16.6.